The molecular weight excluding hydrogens is 258 g/mol. The van der Waals surface area contributed by atoms with Crippen LogP contribution >= 0.6 is 0 Å². The highest BCUT2D eigenvalue weighted by molar-refractivity contribution is 5.33. The van der Waals surface area contributed by atoms with E-state index in [2.05, 4.69) is 41.6 Å². The highest BCUT2D eigenvalue weighted by Crippen LogP contribution is 2.27. The lowest BCUT2D eigenvalue weighted by atomic mass is 9.83. The molecule has 1 aromatic heterocycles. The molecule has 1 N–H and O–H groups in total. The number of benzene rings is 1. The van der Waals surface area contributed by atoms with Gasteiger partial charge in [0, 0.05) is 25.0 Å². The van der Waals surface area contributed by atoms with Crippen molar-refractivity contribution in [1.29, 1.82) is 0 Å². The number of aromatic nitrogens is 2. The molecule has 1 saturated carbocycles. The van der Waals surface area contributed by atoms with E-state index in [1.165, 1.54) is 37.7 Å². The zero-order valence-corrected chi connectivity index (χ0v) is 12.8. The molecule has 0 bridgehead atoms. The fourth-order valence-corrected chi connectivity index (χ4v) is 3.40. The minimum Gasteiger partial charge on any atom is -0.310 e. The molecule has 0 aliphatic heterocycles. The monoisotopic (exact) mass is 283 g/mol. The molecule has 0 amide bonds. The molecule has 0 spiro atoms. The minimum atomic E-state index is 0.703. The summed E-state index contributed by atoms with van der Waals surface area (Å²) in [5.41, 5.74) is 2.47. The van der Waals surface area contributed by atoms with Gasteiger partial charge in [-0.25, -0.2) is 4.68 Å². The Morgan fingerprint density at radius 1 is 1.19 bits per heavy atom. The van der Waals surface area contributed by atoms with Crippen LogP contribution in [0.5, 0.6) is 0 Å². The molecule has 1 aliphatic rings. The summed E-state index contributed by atoms with van der Waals surface area (Å²) in [5, 5.41) is 8.03. The van der Waals surface area contributed by atoms with Gasteiger partial charge in [-0.05, 0) is 42.5 Å². The van der Waals surface area contributed by atoms with Gasteiger partial charge in [0.05, 0.1) is 5.69 Å². The van der Waals surface area contributed by atoms with E-state index in [9.17, 15) is 0 Å². The fourth-order valence-electron chi connectivity index (χ4n) is 3.40. The Morgan fingerprint density at radius 2 is 2.00 bits per heavy atom. The largest absolute Gasteiger partial charge is 0.310 e. The van der Waals surface area contributed by atoms with Gasteiger partial charge in [-0.1, -0.05) is 38.3 Å². The second-order valence-corrected chi connectivity index (χ2v) is 6.06. The van der Waals surface area contributed by atoms with Crippen molar-refractivity contribution in [1.82, 2.24) is 15.1 Å². The van der Waals surface area contributed by atoms with E-state index in [0.29, 0.717) is 6.04 Å². The first-order valence-electron chi connectivity index (χ1n) is 8.19. The highest BCUT2D eigenvalue weighted by atomic mass is 15.3. The van der Waals surface area contributed by atoms with Gasteiger partial charge in [-0.2, -0.15) is 5.10 Å². The third-order valence-corrected chi connectivity index (χ3v) is 4.71. The first-order valence-corrected chi connectivity index (χ1v) is 8.19. The van der Waals surface area contributed by atoms with Crippen LogP contribution in [0, 0.1) is 5.92 Å². The van der Waals surface area contributed by atoms with Crippen molar-refractivity contribution in [2.45, 2.75) is 51.6 Å². The zero-order chi connectivity index (χ0) is 14.5. The lowest BCUT2D eigenvalue weighted by Crippen LogP contribution is -2.37. The van der Waals surface area contributed by atoms with Crippen molar-refractivity contribution in [3.8, 4) is 5.69 Å². The van der Waals surface area contributed by atoms with Crippen LogP contribution in [0.3, 0.4) is 0 Å². The summed E-state index contributed by atoms with van der Waals surface area (Å²) >= 11 is 0. The van der Waals surface area contributed by atoms with E-state index in [0.717, 1.165) is 18.2 Å². The quantitative estimate of drug-likeness (QED) is 0.901. The van der Waals surface area contributed by atoms with Gasteiger partial charge >= 0.3 is 0 Å². The topological polar surface area (TPSA) is 29.9 Å². The Bertz CT molecular complexity index is 530. The second kappa shape index (κ2) is 6.90. The van der Waals surface area contributed by atoms with Gasteiger partial charge in [-0.3, -0.25) is 0 Å². The van der Waals surface area contributed by atoms with Gasteiger partial charge in [0.1, 0.15) is 0 Å². The molecule has 0 radical (unpaired) electrons. The van der Waals surface area contributed by atoms with E-state index >= 15 is 0 Å². The van der Waals surface area contributed by atoms with Crippen LogP contribution in [-0.4, -0.2) is 15.8 Å². The van der Waals surface area contributed by atoms with Crippen molar-refractivity contribution in [3.63, 3.8) is 0 Å². The van der Waals surface area contributed by atoms with Gasteiger partial charge in [0.25, 0.3) is 0 Å². The van der Waals surface area contributed by atoms with Gasteiger partial charge in [-0.15, -0.1) is 0 Å². The normalized spacial score (nSPS) is 22.3. The minimum absolute atomic E-state index is 0.703. The molecule has 3 nitrogen and oxygen atoms in total. The maximum absolute atomic E-state index is 4.26. The summed E-state index contributed by atoms with van der Waals surface area (Å²) in [5.74, 6) is 0.863. The lowest BCUT2D eigenvalue weighted by Gasteiger charge is -2.31. The van der Waals surface area contributed by atoms with Crippen LogP contribution in [-0.2, 0) is 6.54 Å². The third kappa shape index (κ3) is 3.53. The summed E-state index contributed by atoms with van der Waals surface area (Å²) in [6.45, 7) is 3.30. The third-order valence-electron chi connectivity index (χ3n) is 4.71. The summed E-state index contributed by atoms with van der Waals surface area (Å²) in [4.78, 5) is 0. The predicted octanol–water partition coefficient (Wildman–Crippen LogP) is 3.93. The molecule has 3 rings (SSSR count). The summed E-state index contributed by atoms with van der Waals surface area (Å²) in [6.07, 6.45) is 10.6. The lowest BCUT2D eigenvalue weighted by molar-refractivity contribution is 0.254. The number of nitrogens with zero attached hydrogens (tertiary/aromatic N) is 2. The summed E-state index contributed by atoms with van der Waals surface area (Å²) in [6, 6.07) is 11.3. The molecule has 1 heterocycles. The molecule has 0 saturated heterocycles. The molecule has 112 valence electrons. The van der Waals surface area contributed by atoms with E-state index in [-0.39, 0.29) is 0 Å². The zero-order valence-electron chi connectivity index (χ0n) is 12.8. The van der Waals surface area contributed by atoms with Crippen LogP contribution < -0.4 is 5.32 Å². The maximum atomic E-state index is 4.26. The Balaban J connectivity index is 1.58. The molecule has 2 unspecified atom stereocenters. The van der Waals surface area contributed by atoms with Crippen LogP contribution in [0.25, 0.3) is 5.69 Å². The van der Waals surface area contributed by atoms with Gasteiger partial charge < -0.3 is 5.32 Å². The van der Waals surface area contributed by atoms with Crippen LogP contribution in [0.2, 0.25) is 0 Å². The van der Waals surface area contributed by atoms with Gasteiger partial charge in [0.15, 0.2) is 0 Å². The molecule has 1 aliphatic carbocycles. The summed E-state index contributed by atoms with van der Waals surface area (Å²) < 4.78 is 1.89. The molecule has 1 fully saturated rings. The standard InChI is InChI=1S/C18H25N3/c1-2-16-6-3-4-7-18(16)19-14-15-8-10-17(11-9-15)21-13-5-12-20-21/h5,8-13,16,18-19H,2-4,6-7,14H2,1H3. The van der Waals surface area contributed by atoms with Crippen molar-refractivity contribution >= 4 is 0 Å². The van der Waals surface area contributed by atoms with Crippen molar-refractivity contribution in [2.75, 3.05) is 0 Å². The predicted molar refractivity (Wildman–Crippen MR) is 86.4 cm³/mol. The Labute approximate surface area is 127 Å². The molecular formula is C18H25N3. The Morgan fingerprint density at radius 3 is 2.71 bits per heavy atom. The van der Waals surface area contributed by atoms with Gasteiger partial charge in [0.2, 0.25) is 0 Å². The van der Waals surface area contributed by atoms with Crippen LogP contribution in [0.15, 0.2) is 42.7 Å². The second-order valence-electron chi connectivity index (χ2n) is 6.06. The van der Waals surface area contributed by atoms with E-state index in [1.807, 2.05) is 23.1 Å². The van der Waals surface area contributed by atoms with Crippen LogP contribution in [0.4, 0.5) is 0 Å². The van der Waals surface area contributed by atoms with E-state index in [4.69, 9.17) is 0 Å². The molecule has 21 heavy (non-hydrogen) atoms. The smallest absolute Gasteiger partial charge is 0.0645 e. The average molecular weight is 283 g/mol. The van der Waals surface area contributed by atoms with Crippen molar-refractivity contribution < 1.29 is 0 Å². The van der Waals surface area contributed by atoms with E-state index < -0.39 is 0 Å². The molecule has 3 heteroatoms. The number of hydrogen-bond acceptors (Lipinski definition) is 2. The number of rotatable bonds is 5. The average Bonchev–Trinajstić information content (AvgIpc) is 3.08. The van der Waals surface area contributed by atoms with Crippen molar-refractivity contribution in [3.05, 3.63) is 48.3 Å². The first-order chi connectivity index (χ1) is 10.4. The SMILES string of the molecule is CCC1CCCCC1NCc1ccc(-n2cccn2)cc1. The maximum Gasteiger partial charge on any atom is 0.0645 e. The van der Waals surface area contributed by atoms with Crippen molar-refractivity contribution in [2.24, 2.45) is 5.92 Å². The first kappa shape index (κ1) is 14.3. The van der Waals surface area contributed by atoms with Crippen LogP contribution in [0.1, 0.15) is 44.6 Å². The fraction of sp³-hybridized carbons (Fsp3) is 0.500. The number of nitrogens with one attached hydrogen (secondary N) is 1. The number of hydrogen-bond donors (Lipinski definition) is 1. The Kier molecular flexibility index (Phi) is 4.71. The van der Waals surface area contributed by atoms with E-state index in [1.54, 1.807) is 0 Å². The summed E-state index contributed by atoms with van der Waals surface area (Å²) in [7, 11) is 0. The molecule has 2 aromatic rings. The highest BCUT2D eigenvalue weighted by Gasteiger charge is 2.22. The molecule has 2 atom stereocenters. The Hall–Kier alpha value is -1.61. The molecule has 1 aromatic carbocycles.